The van der Waals surface area contributed by atoms with Gasteiger partial charge in [0.2, 0.25) is 0 Å². The van der Waals surface area contributed by atoms with Gasteiger partial charge in [-0.15, -0.1) is 0 Å². The minimum atomic E-state index is -4.97. The lowest BCUT2D eigenvalue weighted by molar-refractivity contribution is 0.188. The van der Waals surface area contributed by atoms with Gasteiger partial charge in [-0.25, -0.2) is 14.5 Å². The van der Waals surface area contributed by atoms with E-state index in [1.807, 2.05) is 0 Å². The second-order valence-electron chi connectivity index (χ2n) is 4.68. The number of aromatic nitrogens is 2. The third-order valence-electron chi connectivity index (χ3n) is 2.86. The summed E-state index contributed by atoms with van der Waals surface area (Å²) in [6, 6.07) is 6.52. The Morgan fingerprint density at radius 3 is 2.67 bits per heavy atom. The van der Waals surface area contributed by atoms with Crippen molar-refractivity contribution in [1.82, 2.24) is 9.97 Å². The average Bonchev–Trinajstić information content (AvgIpc) is 2.55. The summed E-state index contributed by atoms with van der Waals surface area (Å²) in [5.41, 5.74) is 0.952. The highest BCUT2D eigenvalue weighted by Gasteiger charge is 2.34. The molecule has 1 aromatic heterocycles. The highest BCUT2D eigenvalue weighted by Crippen LogP contribution is 2.50. The highest BCUT2D eigenvalue weighted by atomic mass is 79.9. The Bertz CT molecular complexity index is 724. The van der Waals surface area contributed by atoms with Gasteiger partial charge in [-0.2, -0.15) is 8.78 Å². The van der Waals surface area contributed by atoms with Crippen molar-refractivity contribution in [2.24, 2.45) is 0 Å². The number of aryl methyl sites for hydroxylation is 1. The molecule has 2 rings (SSSR count). The molecule has 5 nitrogen and oxygen atoms in total. The highest BCUT2D eigenvalue weighted by molar-refractivity contribution is 9.10. The molecule has 10 heteroatoms. The van der Waals surface area contributed by atoms with Crippen LogP contribution in [0.1, 0.15) is 12.0 Å². The van der Waals surface area contributed by atoms with Crippen LogP contribution in [-0.2, 0) is 11.0 Å². The Morgan fingerprint density at radius 1 is 1.33 bits per heavy atom. The van der Waals surface area contributed by atoms with Crippen LogP contribution in [0.15, 0.2) is 46.3 Å². The van der Waals surface area contributed by atoms with Crippen molar-refractivity contribution in [1.29, 1.82) is 0 Å². The van der Waals surface area contributed by atoms with Crippen molar-refractivity contribution in [2.45, 2.75) is 24.2 Å². The van der Waals surface area contributed by atoms with Crippen molar-refractivity contribution in [3.8, 4) is 5.75 Å². The molecule has 0 spiro atoms. The van der Waals surface area contributed by atoms with Crippen LogP contribution < -0.4 is 4.52 Å². The van der Waals surface area contributed by atoms with Crippen LogP contribution in [-0.4, -0.2) is 26.8 Å². The molecular formula is C14H14BrF2N2O3PS. The predicted octanol–water partition coefficient (Wildman–Crippen LogP) is 4.75. The third-order valence-corrected chi connectivity index (χ3v) is 5.39. The van der Waals surface area contributed by atoms with E-state index in [0.717, 1.165) is 24.2 Å². The Kier molecular flexibility index (Phi) is 7.16. The molecule has 0 aliphatic carbocycles. The van der Waals surface area contributed by atoms with Gasteiger partial charge >= 0.3 is 13.8 Å². The SMILES string of the molecule is O=P(O)(Oc1ccc(CCCSc2ncccn2)cc1Br)C(F)F. The van der Waals surface area contributed by atoms with E-state index in [2.05, 4.69) is 30.4 Å². The zero-order chi connectivity index (χ0) is 17.6. The van der Waals surface area contributed by atoms with Crippen LogP contribution >= 0.6 is 35.3 Å². The number of rotatable bonds is 8. The lowest BCUT2D eigenvalue weighted by atomic mass is 10.1. The summed E-state index contributed by atoms with van der Waals surface area (Å²) in [4.78, 5) is 17.3. The van der Waals surface area contributed by atoms with Gasteiger partial charge in [-0.3, -0.25) is 0 Å². The average molecular weight is 439 g/mol. The Labute approximate surface area is 150 Å². The fourth-order valence-corrected chi connectivity index (χ4v) is 3.65. The first-order valence-corrected chi connectivity index (χ1v) is 10.3. The minimum absolute atomic E-state index is 0.0862. The third kappa shape index (κ3) is 5.81. The molecule has 0 radical (unpaired) electrons. The number of alkyl halides is 2. The van der Waals surface area contributed by atoms with Gasteiger partial charge in [-0.1, -0.05) is 17.8 Å². The Balaban J connectivity index is 1.87. The lowest BCUT2D eigenvalue weighted by Crippen LogP contribution is -2.01. The smallest absolute Gasteiger partial charge is 0.420 e. The molecule has 0 saturated heterocycles. The van der Waals surface area contributed by atoms with Gasteiger partial charge in [0.05, 0.1) is 4.47 Å². The number of nitrogens with zero attached hydrogens (tertiary/aromatic N) is 2. The number of benzene rings is 1. The van der Waals surface area contributed by atoms with E-state index in [1.54, 1.807) is 42.4 Å². The van der Waals surface area contributed by atoms with E-state index < -0.39 is 13.8 Å². The molecule has 0 aliphatic rings. The maximum absolute atomic E-state index is 12.4. The van der Waals surface area contributed by atoms with Crippen molar-refractivity contribution >= 4 is 35.3 Å². The molecule has 0 bridgehead atoms. The lowest BCUT2D eigenvalue weighted by Gasteiger charge is -2.14. The van der Waals surface area contributed by atoms with Gasteiger partial charge in [0, 0.05) is 18.1 Å². The van der Waals surface area contributed by atoms with E-state index in [1.165, 1.54) is 6.07 Å². The summed E-state index contributed by atoms with van der Waals surface area (Å²) in [7, 11) is -4.97. The molecule has 2 aromatic rings. The first-order chi connectivity index (χ1) is 11.4. The molecule has 1 aromatic carbocycles. The van der Waals surface area contributed by atoms with Gasteiger partial charge in [0.1, 0.15) is 5.75 Å². The number of thioether (sulfide) groups is 1. The second kappa shape index (κ2) is 8.89. The van der Waals surface area contributed by atoms with Gasteiger partial charge in [0.25, 0.3) is 0 Å². The maximum atomic E-state index is 12.4. The van der Waals surface area contributed by atoms with Gasteiger partial charge in [0.15, 0.2) is 5.16 Å². The monoisotopic (exact) mass is 438 g/mol. The second-order valence-corrected chi connectivity index (χ2v) is 8.30. The molecule has 130 valence electrons. The zero-order valence-electron chi connectivity index (χ0n) is 12.3. The summed E-state index contributed by atoms with van der Waals surface area (Å²) in [5.74, 6) is 0.744. The molecule has 1 atom stereocenters. The van der Waals surface area contributed by atoms with Crippen LogP contribution in [0.2, 0.25) is 0 Å². The van der Waals surface area contributed by atoms with Crippen molar-refractivity contribution < 1.29 is 22.8 Å². The number of hydrogen-bond acceptors (Lipinski definition) is 5. The first-order valence-electron chi connectivity index (χ1n) is 6.87. The minimum Gasteiger partial charge on any atom is -0.420 e. The molecular weight excluding hydrogens is 425 g/mol. The molecule has 1 N–H and O–H groups in total. The summed E-state index contributed by atoms with van der Waals surface area (Å²) in [6.07, 6.45) is 1.55. The molecule has 0 fully saturated rings. The molecule has 0 saturated carbocycles. The number of hydrogen-bond donors (Lipinski definition) is 1. The first kappa shape index (κ1) is 19.3. The molecule has 0 amide bonds. The van der Waals surface area contributed by atoms with E-state index in [-0.39, 0.29) is 5.75 Å². The summed E-state index contributed by atoms with van der Waals surface area (Å²) >= 11 is 4.71. The van der Waals surface area contributed by atoms with Gasteiger partial charge in [-0.05, 0) is 52.5 Å². The largest absolute Gasteiger partial charge is 0.442 e. The van der Waals surface area contributed by atoms with E-state index in [0.29, 0.717) is 9.63 Å². The summed E-state index contributed by atoms with van der Waals surface area (Å²) in [5, 5.41) is 0.716. The zero-order valence-corrected chi connectivity index (χ0v) is 15.6. The summed E-state index contributed by atoms with van der Waals surface area (Å²) in [6.45, 7) is 0. The molecule has 1 unspecified atom stereocenters. The van der Waals surface area contributed by atoms with E-state index in [9.17, 15) is 13.3 Å². The van der Waals surface area contributed by atoms with Crippen LogP contribution in [0.5, 0.6) is 5.75 Å². The maximum Gasteiger partial charge on any atom is 0.442 e. The van der Waals surface area contributed by atoms with Crippen molar-refractivity contribution in [3.05, 3.63) is 46.7 Å². The fraction of sp³-hybridized carbons (Fsp3) is 0.286. The van der Waals surface area contributed by atoms with Crippen LogP contribution in [0.25, 0.3) is 0 Å². The van der Waals surface area contributed by atoms with Gasteiger partial charge < -0.3 is 9.42 Å². The predicted molar refractivity (Wildman–Crippen MR) is 91.7 cm³/mol. The quantitative estimate of drug-likeness (QED) is 0.277. The fourth-order valence-electron chi connectivity index (χ4n) is 1.75. The van der Waals surface area contributed by atoms with E-state index >= 15 is 0 Å². The number of halogens is 3. The standard InChI is InChI=1S/C14H14BrF2N2O3PS/c15-11-9-10(3-1-8-24-14-18-6-2-7-19-14)4-5-12(11)22-23(20,21)13(16)17/h2,4-7,9,13H,1,3,8H2,(H,20,21). The molecule has 1 heterocycles. The summed E-state index contributed by atoms with van der Waals surface area (Å²) < 4.78 is 40.9. The topological polar surface area (TPSA) is 72.3 Å². The van der Waals surface area contributed by atoms with Crippen molar-refractivity contribution in [2.75, 3.05) is 5.75 Å². The van der Waals surface area contributed by atoms with E-state index in [4.69, 9.17) is 4.89 Å². The van der Waals surface area contributed by atoms with Crippen molar-refractivity contribution in [3.63, 3.8) is 0 Å². The molecule has 0 aliphatic heterocycles. The molecule has 24 heavy (non-hydrogen) atoms. The van der Waals surface area contributed by atoms with Crippen LogP contribution in [0, 0.1) is 0 Å². The normalized spacial score (nSPS) is 13.7. The Morgan fingerprint density at radius 2 is 2.04 bits per heavy atom. The van der Waals surface area contributed by atoms with Crippen LogP contribution in [0.4, 0.5) is 8.78 Å². The van der Waals surface area contributed by atoms with Crippen LogP contribution in [0.3, 0.4) is 0 Å². The Hall–Kier alpha value is -1.02.